The maximum absolute atomic E-state index is 12.7. The van der Waals surface area contributed by atoms with Gasteiger partial charge < -0.3 is 10.1 Å². The van der Waals surface area contributed by atoms with Crippen LogP contribution in [0.5, 0.6) is 0 Å². The van der Waals surface area contributed by atoms with Crippen molar-refractivity contribution in [2.75, 3.05) is 6.61 Å². The number of carbonyl (C=O) groups excluding carboxylic acids is 2. The molecule has 1 heterocycles. The van der Waals surface area contributed by atoms with Gasteiger partial charge >= 0.3 is 5.97 Å². The Morgan fingerprint density at radius 1 is 1.22 bits per heavy atom. The summed E-state index contributed by atoms with van der Waals surface area (Å²) in [6, 6.07) is 8.11. The lowest BCUT2D eigenvalue weighted by Gasteiger charge is -2.28. The standard InChI is InChI=1S/C21H28N2O3S/c1-13(2)14(3)22-19(24)12-26-21(25)16-9-5-4-8-15(16)20-23-17-10-6-7-11-18(17)27-20/h6-7,10-11,13-16H,4-5,8-9,12H2,1-3H3,(H,22,24). The van der Waals surface area contributed by atoms with Gasteiger partial charge in [-0.3, -0.25) is 9.59 Å². The van der Waals surface area contributed by atoms with Crippen molar-refractivity contribution >= 4 is 33.4 Å². The van der Waals surface area contributed by atoms with Gasteiger partial charge in [-0.2, -0.15) is 0 Å². The molecule has 146 valence electrons. The number of benzene rings is 1. The molecule has 1 aliphatic rings. The fraction of sp³-hybridized carbons (Fsp3) is 0.571. The van der Waals surface area contributed by atoms with Gasteiger partial charge in [0.2, 0.25) is 0 Å². The molecule has 0 spiro atoms. The Morgan fingerprint density at radius 2 is 1.96 bits per heavy atom. The lowest BCUT2D eigenvalue weighted by Crippen LogP contribution is -2.39. The van der Waals surface area contributed by atoms with Crippen LogP contribution in [0.2, 0.25) is 0 Å². The number of hydrogen-bond donors (Lipinski definition) is 1. The lowest BCUT2D eigenvalue weighted by molar-refractivity contribution is -0.154. The number of rotatable bonds is 6. The molecule has 5 nitrogen and oxygen atoms in total. The van der Waals surface area contributed by atoms with Gasteiger partial charge in [0, 0.05) is 12.0 Å². The number of carbonyl (C=O) groups is 2. The van der Waals surface area contributed by atoms with Crippen LogP contribution in [0.4, 0.5) is 0 Å². The zero-order valence-electron chi connectivity index (χ0n) is 16.2. The lowest BCUT2D eigenvalue weighted by atomic mass is 9.79. The molecule has 0 bridgehead atoms. The largest absolute Gasteiger partial charge is 0.455 e. The summed E-state index contributed by atoms with van der Waals surface area (Å²) in [6.45, 7) is 5.83. The second-order valence-electron chi connectivity index (χ2n) is 7.73. The highest BCUT2D eigenvalue weighted by atomic mass is 32.1. The molecular formula is C21H28N2O3S. The molecule has 3 unspecified atom stereocenters. The van der Waals surface area contributed by atoms with Gasteiger partial charge in [-0.1, -0.05) is 38.8 Å². The van der Waals surface area contributed by atoms with E-state index < -0.39 is 0 Å². The summed E-state index contributed by atoms with van der Waals surface area (Å²) in [5.41, 5.74) is 0.984. The number of thiazole rings is 1. The van der Waals surface area contributed by atoms with Crippen LogP contribution < -0.4 is 5.32 Å². The number of aromatic nitrogens is 1. The van der Waals surface area contributed by atoms with Gasteiger partial charge in [-0.15, -0.1) is 11.3 Å². The molecule has 3 atom stereocenters. The third-order valence-corrected chi connectivity index (χ3v) is 6.60. The zero-order valence-corrected chi connectivity index (χ0v) is 17.1. The minimum atomic E-state index is -0.272. The number of fused-ring (bicyclic) bond motifs is 1. The molecule has 1 aromatic carbocycles. The van der Waals surface area contributed by atoms with Crippen LogP contribution in [0.15, 0.2) is 24.3 Å². The van der Waals surface area contributed by atoms with Crippen molar-refractivity contribution in [1.29, 1.82) is 0 Å². The van der Waals surface area contributed by atoms with Crippen LogP contribution >= 0.6 is 11.3 Å². The molecule has 6 heteroatoms. The SMILES string of the molecule is CC(C)C(C)NC(=O)COC(=O)C1CCCCC1c1nc2ccccc2s1. The highest BCUT2D eigenvalue weighted by Crippen LogP contribution is 2.41. The van der Waals surface area contributed by atoms with Crippen molar-refractivity contribution in [3.05, 3.63) is 29.3 Å². The summed E-state index contributed by atoms with van der Waals surface area (Å²) >= 11 is 1.66. The van der Waals surface area contributed by atoms with Gasteiger partial charge in [0.15, 0.2) is 6.61 Å². The van der Waals surface area contributed by atoms with Crippen LogP contribution in [0, 0.1) is 11.8 Å². The average molecular weight is 389 g/mol. The van der Waals surface area contributed by atoms with Gasteiger partial charge in [0.1, 0.15) is 0 Å². The Balaban J connectivity index is 1.64. The average Bonchev–Trinajstić information content (AvgIpc) is 3.10. The molecule has 2 aromatic rings. The van der Waals surface area contributed by atoms with E-state index >= 15 is 0 Å². The molecule has 1 N–H and O–H groups in total. The van der Waals surface area contributed by atoms with Crippen molar-refractivity contribution in [2.24, 2.45) is 11.8 Å². The smallest absolute Gasteiger partial charge is 0.310 e. The number of hydrogen-bond acceptors (Lipinski definition) is 5. The molecule has 1 aliphatic carbocycles. The predicted octanol–water partition coefficient (Wildman–Crippen LogP) is 4.27. The van der Waals surface area contributed by atoms with Gasteiger partial charge in [-0.05, 0) is 37.8 Å². The Morgan fingerprint density at radius 3 is 2.70 bits per heavy atom. The fourth-order valence-electron chi connectivity index (χ4n) is 3.46. The first-order valence-corrected chi connectivity index (χ1v) is 10.6. The number of nitrogens with one attached hydrogen (secondary N) is 1. The van der Waals surface area contributed by atoms with E-state index in [1.165, 1.54) is 0 Å². The fourth-order valence-corrected chi connectivity index (χ4v) is 4.63. The number of amides is 1. The molecule has 1 fully saturated rings. The quantitative estimate of drug-likeness (QED) is 0.750. The predicted molar refractivity (Wildman–Crippen MR) is 108 cm³/mol. The molecule has 3 rings (SSSR count). The molecule has 27 heavy (non-hydrogen) atoms. The van der Waals surface area contributed by atoms with Crippen LogP contribution in [-0.2, 0) is 14.3 Å². The summed E-state index contributed by atoms with van der Waals surface area (Å²) in [6.07, 6.45) is 3.84. The third kappa shape index (κ3) is 4.86. The van der Waals surface area contributed by atoms with E-state index in [0.29, 0.717) is 5.92 Å². The minimum Gasteiger partial charge on any atom is -0.455 e. The summed E-state index contributed by atoms with van der Waals surface area (Å²) < 4.78 is 6.52. The number of ether oxygens (including phenoxy) is 1. The van der Waals surface area contributed by atoms with Crippen LogP contribution in [0.3, 0.4) is 0 Å². The van der Waals surface area contributed by atoms with Crippen molar-refractivity contribution in [3.63, 3.8) is 0 Å². The molecule has 1 aromatic heterocycles. The molecule has 0 aliphatic heterocycles. The third-order valence-electron chi connectivity index (χ3n) is 5.43. The highest BCUT2D eigenvalue weighted by Gasteiger charge is 2.35. The normalized spacial score (nSPS) is 21.2. The summed E-state index contributed by atoms with van der Waals surface area (Å²) in [5, 5.41) is 3.88. The van der Waals surface area contributed by atoms with Gasteiger partial charge in [0.05, 0.1) is 21.1 Å². The van der Waals surface area contributed by atoms with Crippen molar-refractivity contribution < 1.29 is 14.3 Å². The Bertz CT molecular complexity index is 769. The van der Waals surface area contributed by atoms with Gasteiger partial charge in [-0.25, -0.2) is 4.98 Å². The van der Waals surface area contributed by atoms with E-state index in [1.807, 2.05) is 39.0 Å². The van der Waals surface area contributed by atoms with E-state index in [2.05, 4.69) is 11.4 Å². The number of esters is 1. The van der Waals surface area contributed by atoms with Crippen LogP contribution in [0.1, 0.15) is 57.4 Å². The summed E-state index contributed by atoms with van der Waals surface area (Å²) in [5.74, 6) is -0.300. The Labute approximate surface area is 164 Å². The first-order valence-electron chi connectivity index (χ1n) is 9.77. The van der Waals surface area contributed by atoms with E-state index in [1.54, 1.807) is 11.3 Å². The maximum Gasteiger partial charge on any atom is 0.310 e. The summed E-state index contributed by atoms with van der Waals surface area (Å²) in [4.78, 5) is 29.5. The first-order chi connectivity index (χ1) is 13.0. The topological polar surface area (TPSA) is 68.3 Å². The molecule has 0 saturated heterocycles. The molecule has 1 saturated carbocycles. The Hall–Kier alpha value is -1.95. The Kier molecular flexibility index (Phi) is 6.47. The highest BCUT2D eigenvalue weighted by molar-refractivity contribution is 7.18. The maximum atomic E-state index is 12.7. The van der Waals surface area contributed by atoms with E-state index in [0.717, 1.165) is 40.9 Å². The second kappa shape index (κ2) is 8.83. The minimum absolute atomic E-state index is 0.0568. The monoisotopic (exact) mass is 388 g/mol. The van der Waals surface area contributed by atoms with Crippen molar-refractivity contribution in [3.8, 4) is 0 Å². The van der Waals surface area contributed by atoms with E-state index in [9.17, 15) is 9.59 Å². The second-order valence-corrected chi connectivity index (χ2v) is 8.79. The molecule has 1 amide bonds. The molecular weight excluding hydrogens is 360 g/mol. The number of nitrogens with zero attached hydrogens (tertiary/aromatic N) is 1. The van der Waals surface area contributed by atoms with Crippen LogP contribution in [-0.4, -0.2) is 29.5 Å². The zero-order chi connectivity index (χ0) is 19.4. The van der Waals surface area contributed by atoms with Gasteiger partial charge in [0.25, 0.3) is 5.91 Å². The van der Waals surface area contributed by atoms with E-state index in [-0.39, 0.29) is 36.4 Å². The number of para-hydroxylation sites is 1. The van der Waals surface area contributed by atoms with Crippen molar-refractivity contribution in [1.82, 2.24) is 10.3 Å². The van der Waals surface area contributed by atoms with Crippen LogP contribution in [0.25, 0.3) is 10.2 Å². The van der Waals surface area contributed by atoms with Crippen molar-refractivity contribution in [2.45, 2.75) is 58.4 Å². The summed E-state index contributed by atoms with van der Waals surface area (Å²) in [7, 11) is 0. The molecule has 0 radical (unpaired) electrons. The first kappa shape index (κ1) is 19.8. The van der Waals surface area contributed by atoms with E-state index in [4.69, 9.17) is 9.72 Å².